The third kappa shape index (κ3) is 7.64. The number of carbonyl (C=O) groups is 2. The molecule has 1 amide bonds. The molecule has 0 radical (unpaired) electrons. The molecule has 2 unspecified atom stereocenters. The second-order valence-electron chi connectivity index (χ2n) is 7.07. The van der Waals surface area contributed by atoms with Crippen LogP contribution in [-0.4, -0.2) is 55.2 Å². The van der Waals surface area contributed by atoms with Crippen molar-refractivity contribution in [1.82, 2.24) is 5.32 Å². The molecule has 158 valence electrons. The van der Waals surface area contributed by atoms with Crippen LogP contribution in [0.1, 0.15) is 40.2 Å². The van der Waals surface area contributed by atoms with E-state index in [9.17, 15) is 14.7 Å². The number of aliphatic hydroxyl groups excluding tert-OH is 1. The Morgan fingerprint density at radius 1 is 1.11 bits per heavy atom. The van der Waals surface area contributed by atoms with Crippen molar-refractivity contribution in [3.05, 3.63) is 23.8 Å². The van der Waals surface area contributed by atoms with Crippen LogP contribution in [0.25, 0.3) is 0 Å². The molecule has 0 bridgehead atoms. The van der Waals surface area contributed by atoms with Gasteiger partial charge in [-0.1, -0.05) is 6.07 Å². The number of amides is 1. The Labute approximate surface area is 166 Å². The minimum Gasteiger partial charge on any atom is -0.490 e. The number of esters is 1. The molecule has 28 heavy (non-hydrogen) atoms. The van der Waals surface area contributed by atoms with Gasteiger partial charge < -0.3 is 29.4 Å². The van der Waals surface area contributed by atoms with Crippen molar-refractivity contribution in [2.45, 2.75) is 58.8 Å². The molecule has 0 saturated heterocycles. The largest absolute Gasteiger partial charge is 0.490 e. The molecule has 8 nitrogen and oxygen atoms in total. The van der Waals surface area contributed by atoms with Gasteiger partial charge in [-0.05, 0) is 58.7 Å². The predicted molar refractivity (Wildman–Crippen MR) is 104 cm³/mol. The van der Waals surface area contributed by atoms with Crippen LogP contribution in [0.4, 0.5) is 4.79 Å². The fraction of sp³-hybridized carbons (Fsp3) is 0.600. The number of aliphatic hydroxyl groups is 1. The molecule has 0 heterocycles. The SMILES string of the molecule is CCOc1ccc(CC(NC(=O)OC(C)(C)C)C(O)C(=O)OC)cc1OCC. The van der Waals surface area contributed by atoms with Gasteiger partial charge in [-0.15, -0.1) is 0 Å². The summed E-state index contributed by atoms with van der Waals surface area (Å²) < 4.78 is 21.0. The van der Waals surface area contributed by atoms with Crippen molar-refractivity contribution in [1.29, 1.82) is 0 Å². The highest BCUT2D eigenvalue weighted by molar-refractivity contribution is 5.77. The minimum absolute atomic E-state index is 0.155. The Bertz CT molecular complexity index is 654. The zero-order valence-electron chi connectivity index (χ0n) is 17.4. The van der Waals surface area contributed by atoms with Crippen molar-refractivity contribution in [3.63, 3.8) is 0 Å². The second kappa shape index (κ2) is 10.8. The number of ether oxygens (including phenoxy) is 4. The number of alkyl carbamates (subject to hydrolysis) is 1. The summed E-state index contributed by atoms with van der Waals surface area (Å²) in [4.78, 5) is 24.0. The Kier molecular flexibility index (Phi) is 9.05. The van der Waals surface area contributed by atoms with Gasteiger partial charge in [0.25, 0.3) is 0 Å². The lowest BCUT2D eigenvalue weighted by Crippen LogP contribution is -2.50. The van der Waals surface area contributed by atoms with Crippen molar-refractivity contribution < 1.29 is 33.6 Å². The third-order valence-electron chi connectivity index (χ3n) is 3.59. The molecular formula is C20H31NO7. The lowest BCUT2D eigenvalue weighted by Gasteiger charge is -2.26. The first-order valence-corrected chi connectivity index (χ1v) is 9.25. The molecule has 0 fully saturated rings. The molecule has 0 saturated carbocycles. The van der Waals surface area contributed by atoms with E-state index in [1.165, 1.54) is 7.11 Å². The van der Waals surface area contributed by atoms with E-state index < -0.39 is 29.8 Å². The first-order valence-electron chi connectivity index (χ1n) is 9.25. The standard InChI is InChI=1S/C20H31NO7/c1-7-26-15-10-9-13(12-16(15)27-8-2)11-14(17(22)18(23)25-6)21-19(24)28-20(3,4)5/h9-10,12,14,17,22H,7-8,11H2,1-6H3,(H,21,24). The predicted octanol–water partition coefficient (Wildman–Crippen LogP) is 2.45. The average Bonchev–Trinajstić information content (AvgIpc) is 2.60. The van der Waals surface area contributed by atoms with Crippen LogP contribution in [0.5, 0.6) is 11.5 Å². The Morgan fingerprint density at radius 2 is 1.71 bits per heavy atom. The van der Waals surface area contributed by atoms with Gasteiger partial charge in [-0.25, -0.2) is 9.59 Å². The topological polar surface area (TPSA) is 103 Å². The monoisotopic (exact) mass is 397 g/mol. The molecule has 0 aliphatic carbocycles. The molecule has 0 spiro atoms. The van der Waals surface area contributed by atoms with Crippen LogP contribution >= 0.6 is 0 Å². The fourth-order valence-corrected chi connectivity index (χ4v) is 2.46. The van der Waals surface area contributed by atoms with Gasteiger partial charge in [0.1, 0.15) is 5.60 Å². The first-order chi connectivity index (χ1) is 13.1. The lowest BCUT2D eigenvalue weighted by molar-refractivity contribution is -0.151. The van der Waals surface area contributed by atoms with E-state index >= 15 is 0 Å². The van der Waals surface area contributed by atoms with Crippen molar-refractivity contribution in [2.24, 2.45) is 0 Å². The van der Waals surface area contributed by atoms with Crippen LogP contribution in [0.2, 0.25) is 0 Å². The second-order valence-corrected chi connectivity index (χ2v) is 7.07. The third-order valence-corrected chi connectivity index (χ3v) is 3.59. The first kappa shape index (κ1) is 23.6. The highest BCUT2D eigenvalue weighted by atomic mass is 16.6. The molecule has 0 aliphatic rings. The van der Waals surface area contributed by atoms with Crippen LogP contribution in [-0.2, 0) is 20.7 Å². The Hall–Kier alpha value is -2.48. The van der Waals surface area contributed by atoms with Gasteiger partial charge >= 0.3 is 12.1 Å². The number of benzene rings is 1. The van der Waals surface area contributed by atoms with E-state index in [0.29, 0.717) is 24.7 Å². The highest BCUT2D eigenvalue weighted by Crippen LogP contribution is 2.29. The summed E-state index contributed by atoms with van der Waals surface area (Å²) in [5.74, 6) is 0.292. The average molecular weight is 397 g/mol. The van der Waals surface area contributed by atoms with Gasteiger partial charge in [0.15, 0.2) is 17.6 Å². The summed E-state index contributed by atoms with van der Waals surface area (Å²) >= 11 is 0. The van der Waals surface area contributed by atoms with Crippen LogP contribution in [0.15, 0.2) is 18.2 Å². The van der Waals surface area contributed by atoms with E-state index in [-0.39, 0.29) is 6.42 Å². The van der Waals surface area contributed by atoms with Crippen LogP contribution < -0.4 is 14.8 Å². The van der Waals surface area contributed by atoms with E-state index in [2.05, 4.69) is 10.1 Å². The van der Waals surface area contributed by atoms with Gasteiger partial charge in [0, 0.05) is 0 Å². The molecule has 0 aromatic heterocycles. The van der Waals surface area contributed by atoms with Crippen LogP contribution in [0.3, 0.4) is 0 Å². The lowest BCUT2D eigenvalue weighted by atomic mass is 10.0. The zero-order chi connectivity index (χ0) is 21.3. The summed E-state index contributed by atoms with van der Waals surface area (Å²) in [5.41, 5.74) is 0.0162. The molecule has 2 N–H and O–H groups in total. The van der Waals surface area contributed by atoms with Gasteiger partial charge in [-0.2, -0.15) is 0 Å². The number of carbonyl (C=O) groups excluding carboxylic acids is 2. The van der Waals surface area contributed by atoms with E-state index in [1.807, 2.05) is 13.8 Å². The van der Waals surface area contributed by atoms with E-state index in [0.717, 1.165) is 5.56 Å². The normalized spacial score (nSPS) is 13.2. The molecule has 1 rings (SSSR count). The maximum Gasteiger partial charge on any atom is 0.407 e. The zero-order valence-corrected chi connectivity index (χ0v) is 17.4. The fourth-order valence-electron chi connectivity index (χ4n) is 2.46. The molecule has 2 atom stereocenters. The van der Waals surface area contributed by atoms with Crippen LogP contribution in [0, 0.1) is 0 Å². The van der Waals surface area contributed by atoms with Gasteiger partial charge in [0.05, 0.1) is 26.4 Å². The molecular weight excluding hydrogens is 366 g/mol. The number of rotatable bonds is 9. The number of nitrogens with one attached hydrogen (secondary N) is 1. The maximum atomic E-state index is 12.1. The van der Waals surface area contributed by atoms with Crippen molar-refractivity contribution in [2.75, 3.05) is 20.3 Å². The van der Waals surface area contributed by atoms with E-state index in [4.69, 9.17) is 14.2 Å². The quantitative estimate of drug-likeness (QED) is 0.617. The maximum absolute atomic E-state index is 12.1. The Balaban J connectivity index is 3.06. The molecule has 8 heteroatoms. The van der Waals surface area contributed by atoms with Crippen molar-refractivity contribution >= 4 is 12.1 Å². The summed E-state index contributed by atoms with van der Waals surface area (Å²) in [6, 6.07) is 4.33. The van der Waals surface area contributed by atoms with Gasteiger partial charge in [-0.3, -0.25) is 0 Å². The summed E-state index contributed by atoms with van der Waals surface area (Å²) in [5, 5.41) is 12.8. The van der Waals surface area contributed by atoms with E-state index in [1.54, 1.807) is 39.0 Å². The summed E-state index contributed by atoms with van der Waals surface area (Å²) in [6.07, 6.45) is -2.14. The summed E-state index contributed by atoms with van der Waals surface area (Å²) in [7, 11) is 1.17. The van der Waals surface area contributed by atoms with Gasteiger partial charge in [0.2, 0.25) is 0 Å². The number of methoxy groups -OCH3 is 1. The smallest absolute Gasteiger partial charge is 0.407 e. The van der Waals surface area contributed by atoms with Crippen molar-refractivity contribution in [3.8, 4) is 11.5 Å². The molecule has 1 aromatic rings. The number of hydrogen-bond donors (Lipinski definition) is 2. The highest BCUT2D eigenvalue weighted by Gasteiger charge is 2.30. The Morgan fingerprint density at radius 3 is 2.25 bits per heavy atom. The number of hydrogen-bond acceptors (Lipinski definition) is 7. The summed E-state index contributed by atoms with van der Waals surface area (Å²) in [6.45, 7) is 9.84. The minimum atomic E-state index is -1.56. The molecule has 1 aromatic carbocycles. The molecule has 0 aliphatic heterocycles.